The highest BCUT2D eigenvalue weighted by atomic mass is 32.2. The molecule has 1 unspecified atom stereocenters. The summed E-state index contributed by atoms with van der Waals surface area (Å²) in [7, 11) is 1.40. The van der Waals surface area contributed by atoms with E-state index in [1.165, 1.54) is 7.11 Å². The Labute approximate surface area is 141 Å². The highest BCUT2D eigenvalue weighted by Gasteiger charge is 2.20. The summed E-state index contributed by atoms with van der Waals surface area (Å²) in [5.74, 6) is 1.40. The molecule has 1 amide bonds. The van der Waals surface area contributed by atoms with Crippen molar-refractivity contribution in [2.75, 3.05) is 24.7 Å². The number of hydrogen-bond acceptors (Lipinski definition) is 5. The zero-order chi connectivity index (χ0) is 16.5. The van der Waals surface area contributed by atoms with E-state index >= 15 is 0 Å². The summed E-state index contributed by atoms with van der Waals surface area (Å²) in [5, 5.41) is 6.24. The maximum absolute atomic E-state index is 12.2. The third kappa shape index (κ3) is 6.23. The van der Waals surface area contributed by atoms with E-state index in [-0.39, 0.29) is 17.9 Å². The Bertz CT molecular complexity index is 530. The number of rotatable bonds is 7. The van der Waals surface area contributed by atoms with Gasteiger partial charge in [-0.05, 0) is 37.1 Å². The average molecular weight is 336 g/mol. The molecule has 2 rings (SSSR count). The largest absolute Gasteiger partial charge is 0.469 e. The van der Waals surface area contributed by atoms with E-state index in [9.17, 15) is 9.59 Å². The quantitative estimate of drug-likeness (QED) is 0.592. The molecule has 0 bridgehead atoms. The number of hydrogen-bond donors (Lipinski definition) is 2. The molecule has 1 aliphatic heterocycles. The first-order valence-corrected chi connectivity index (χ1v) is 9.12. The summed E-state index contributed by atoms with van der Waals surface area (Å²) >= 11 is 1.68. The van der Waals surface area contributed by atoms with Gasteiger partial charge in [0.1, 0.15) is 0 Å². The van der Waals surface area contributed by atoms with Gasteiger partial charge in [-0.25, -0.2) is 0 Å². The summed E-state index contributed by atoms with van der Waals surface area (Å²) < 4.78 is 4.62. The maximum Gasteiger partial charge on any atom is 0.306 e. The third-order valence-corrected chi connectivity index (χ3v) is 4.80. The van der Waals surface area contributed by atoms with Crippen LogP contribution in [0.4, 0.5) is 5.69 Å². The number of methoxy groups -OCH3 is 1. The Morgan fingerprint density at radius 3 is 3.00 bits per heavy atom. The van der Waals surface area contributed by atoms with Gasteiger partial charge < -0.3 is 15.4 Å². The number of esters is 1. The highest BCUT2D eigenvalue weighted by Crippen LogP contribution is 2.18. The summed E-state index contributed by atoms with van der Waals surface area (Å²) in [5.41, 5.74) is 1.96. The van der Waals surface area contributed by atoms with Crippen LogP contribution in [0.3, 0.4) is 0 Å². The zero-order valence-electron chi connectivity index (χ0n) is 13.5. The van der Waals surface area contributed by atoms with E-state index in [1.807, 2.05) is 24.3 Å². The lowest BCUT2D eigenvalue weighted by Gasteiger charge is -2.22. The fourth-order valence-electron chi connectivity index (χ4n) is 2.49. The summed E-state index contributed by atoms with van der Waals surface area (Å²) in [6.45, 7) is 0.912. The number of benzene rings is 1. The van der Waals surface area contributed by atoms with Crippen molar-refractivity contribution in [2.45, 2.75) is 37.5 Å². The Morgan fingerprint density at radius 2 is 2.26 bits per heavy atom. The lowest BCUT2D eigenvalue weighted by molar-refractivity contribution is -0.140. The van der Waals surface area contributed by atoms with Crippen LogP contribution in [0.5, 0.6) is 0 Å². The van der Waals surface area contributed by atoms with Crippen molar-refractivity contribution < 1.29 is 14.3 Å². The number of piperidine rings is 1. The summed E-state index contributed by atoms with van der Waals surface area (Å²) in [6, 6.07) is 7.79. The van der Waals surface area contributed by atoms with Gasteiger partial charge in [-0.2, -0.15) is 11.8 Å². The average Bonchev–Trinajstić information content (AvgIpc) is 2.59. The number of nitrogens with one attached hydrogen (secondary N) is 2. The Balaban J connectivity index is 1.79. The molecule has 0 saturated carbocycles. The molecule has 23 heavy (non-hydrogen) atoms. The fraction of sp³-hybridized carbons (Fsp3) is 0.529. The summed E-state index contributed by atoms with van der Waals surface area (Å²) in [6.07, 6.45) is 3.56. The van der Waals surface area contributed by atoms with Gasteiger partial charge in [0.2, 0.25) is 5.91 Å². The van der Waals surface area contributed by atoms with E-state index in [0.29, 0.717) is 6.42 Å². The van der Waals surface area contributed by atoms with Crippen LogP contribution >= 0.6 is 11.8 Å². The molecule has 0 radical (unpaired) electrons. The van der Waals surface area contributed by atoms with E-state index in [0.717, 1.165) is 48.6 Å². The molecule has 0 spiro atoms. The fourth-order valence-corrected chi connectivity index (χ4v) is 3.36. The van der Waals surface area contributed by atoms with Crippen LogP contribution in [0.2, 0.25) is 0 Å². The zero-order valence-corrected chi connectivity index (χ0v) is 14.3. The summed E-state index contributed by atoms with van der Waals surface area (Å²) in [4.78, 5) is 23.3. The molecule has 126 valence electrons. The van der Waals surface area contributed by atoms with Crippen molar-refractivity contribution in [1.82, 2.24) is 5.32 Å². The van der Waals surface area contributed by atoms with Crippen LogP contribution in [0, 0.1) is 0 Å². The van der Waals surface area contributed by atoms with Crippen molar-refractivity contribution in [2.24, 2.45) is 0 Å². The normalized spacial score (nSPS) is 17.5. The second kappa shape index (κ2) is 9.57. The Morgan fingerprint density at radius 1 is 1.39 bits per heavy atom. The van der Waals surface area contributed by atoms with Gasteiger partial charge in [0.05, 0.1) is 19.6 Å². The van der Waals surface area contributed by atoms with E-state index in [2.05, 4.69) is 15.4 Å². The Kier molecular flexibility index (Phi) is 7.42. The first kappa shape index (κ1) is 17.8. The molecular weight excluding hydrogens is 312 g/mol. The molecule has 2 N–H and O–H groups in total. The molecule has 1 fully saturated rings. The minimum Gasteiger partial charge on any atom is -0.469 e. The van der Waals surface area contributed by atoms with Crippen molar-refractivity contribution in [3.63, 3.8) is 0 Å². The van der Waals surface area contributed by atoms with Crippen molar-refractivity contribution in [1.29, 1.82) is 0 Å². The van der Waals surface area contributed by atoms with Gasteiger partial charge in [-0.3, -0.25) is 9.59 Å². The number of ether oxygens (including phenoxy) is 1. The van der Waals surface area contributed by atoms with E-state index < -0.39 is 0 Å². The number of carbonyl (C=O) groups is 2. The lowest BCUT2D eigenvalue weighted by atomic mass is 10.0. The number of amides is 1. The number of thioether (sulfide) groups is 1. The smallest absolute Gasteiger partial charge is 0.306 e. The van der Waals surface area contributed by atoms with Crippen molar-refractivity contribution in [3.8, 4) is 0 Å². The molecule has 1 aliphatic rings. The van der Waals surface area contributed by atoms with Gasteiger partial charge >= 0.3 is 5.97 Å². The monoisotopic (exact) mass is 336 g/mol. The minimum atomic E-state index is -0.182. The van der Waals surface area contributed by atoms with Crippen molar-refractivity contribution >= 4 is 29.3 Å². The van der Waals surface area contributed by atoms with Crippen LogP contribution in [0.1, 0.15) is 31.2 Å². The van der Waals surface area contributed by atoms with Crippen LogP contribution in [0.15, 0.2) is 24.3 Å². The van der Waals surface area contributed by atoms with Gasteiger partial charge in [0, 0.05) is 17.2 Å². The second-order valence-electron chi connectivity index (χ2n) is 5.57. The highest BCUT2D eigenvalue weighted by molar-refractivity contribution is 7.98. The first-order valence-electron chi connectivity index (χ1n) is 7.97. The lowest BCUT2D eigenvalue weighted by Crippen LogP contribution is -2.43. The molecule has 1 atom stereocenters. The molecule has 1 saturated heterocycles. The molecule has 1 aromatic rings. The molecule has 0 aromatic heterocycles. The standard InChI is InChI=1S/C17H24N2O3S/c1-22-16(20)8-10-23-12-13-5-4-6-14(11-13)19-17(21)15-7-2-3-9-18-15/h4-6,11,15,18H,2-3,7-10,12H2,1H3,(H,19,21). The molecule has 0 aliphatic carbocycles. The predicted molar refractivity (Wildman–Crippen MR) is 93.5 cm³/mol. The second-order valence-corrected chi connectivity index (χ2v) is 6.68. The first-order chi connectivity index (χ1) is 11.2. The van der Waals surface area contributed by atoms with Gasteiger partial charge in [-0.15, -0.1) is 0 Å². The number of carbonyl (C=O) groups excluding carboxylic acids is 2. The van der Waals surface area contributed by atoms with E-state index in [4.69, 9.17) is 0 Å². The topological polar surface area (TPSA) is 67.4 Å². The minimum absolute atomic E-state index is 0.0418. The molecule has 6 heteroatoms. The number of anilines is 1. The third-order valence-electron chi connectivity index (χ3n) is 3.77. The van der Waals surface area contributed by atoms with Crippen LogP contribution in [0.25, 0.3) is 0 Å². The van der Waals surface area contributed by atoms with Gasteiger partial charge in [0.15, 0.2) is 0 Å². The van der Waals surface area contributed by atoms with Crippen LogP contribution in [-0.2, 0) is 20.1 Å². The molecular formula is C17H24N2O3S. The predicted octanol–water partition coefficient (Wildman–Crippen LogP) is 2.56. The maximum atomic E-state index is 12.2. The van der Waals surface area contributed by atoms with Gasteiger partial charge in [-0.1, -0.05) is 18.6 Å². The molecule has 1 aromatic carbocycles. The Hall–Kier alpha value is -1.53. The molecule has 1 heterocycles. The van der Waals surface area contributed by atoms with Crippen molar-refractivity contribution in [3.05, 3.63) is 29.8 Å². The molecule has 5 nitrogen and oxygen atoms in total. The van der Waals surface area contributed by atoms with Crippen LogP contribution < -0.4 is 10.6 Å². The van der Waals surface area contributed by atoms with Crippen LogP contribution in [-0.4, -0.2) is 37.3 Å². The van der Waals surface area contributed by atoms with Gasteiger partial charge in [0.25, 0.3) is 0 Å². The SMILES string of the molecule is COC(=O)CCSCc1cccc(NC(=O)C2CCCCN2)c1. The van der Waals surface area contributed by atoms with E-state index in [1.54, 1.807) is 11.8 Å².